The Balaban J connectivity index is 2.36. The summed E-state index contributed by atoms with van der Waals surface area (Å²) in [5, 5.41) is 0. The molecule has 1 aromatic rings. The van der Waals surface area contributed by atoms with Gasteiger partial charge in [0.25, 0.3) is 0 Å². The van der Waals surface area contributed by atoms with Crippen LogP contribution in [0.3, 0.4) is 0 Å². The summed E-state index contributed by atoms with van der Waals surface area (Å²) in [5.41, 5.74) is 7.50. The molecule has 0 bridgehead atoms. The molecule has 1 aliphatic heterocycles. The molecule has 0 spiro atoms. The molecule has 1 heterocycles. The summed E-state index contributed by atoms with van der Waals surface area (Å²) in [7, 11) is -2.92. The highest BCUT2D eigenvalue weighted by atomic mass is 79.9. The highest BCUT2D eigenvalue weighted by Crippen LogP contribution is 2.33. The standard InChI is InChI=1S/C15H23BrN2O2S/c1-3-14(17)15(12-6-4-5-7-13(12)16)18-8-9-21(19,20)10-11(18)2/h4-7,11,14-15H,3,8-10,17H2,1-2H3. The largest absolute Gasteiger partial charge is 0.326 e. The minimum Gasteiger partial charge on any atom is -0.326 e. The second-order valence-electron chi connectivity index (χ2n) is 5.74. The molecule has 118 valence electrons. The van der Waals surface area contributed by atoms with Gasteiger partial charge in [-0.3, -0.25) is 4.90 Å². The van der Waals surface area contributed by atoms with E-state index in [9.17, 15) is 8.42 Å². The average molecular weight is 375 g/mol. The number of rotatable bonds is 4. The van der Waals surface area contributed by atoms with Crippen LogP contribution in [0.5, 0.6) is 0 Å². The molecule has 1 fully saturated rings. The topological polar surface area (TPSA) is 63.4 Å². The number of sulfone groups is 1. The normalized spacial score (nSPS) is 25.4. The van der Waals surface area contributed by atoms with Gasteiger partial charge in [-0.1, -0.05) is 41.1 Å². The van der Waals surface area contributed by atoms with E-state index >= 15 is 0 Å². The summed E-state index contributed by atoms with van der Waals surface area (Å²) in [4.78, 5) is 2.25. The number of hydrogen-bond donors (Lipinski definition) is 1. The zero-order valence-corrected chi connectivity index (χ0v) is 14.9. The summed E-state index contributed by atoms with van der Waals surface area (Å²) < 4.78 is 24.6. The molecule has 2 rings (SSSR count). The lowest BCUT2D eigenvalue weighted by molar-refractivity contribution is 0.133. The van der Waals surface area contributed by atoms with Crippen LogP contribution in [0.2, 0.25) is 0 Å². The fourth-order valence-electron chi connectivity index (χ4n) is 3.02. The predicted octanol–water partition coefficient (Wildman–Crippen LogP) is 2.35. The molecule has 3 unspecified atom stereocenters. The molecule has 2 N–H and O–H groups in total. The first kappa shape index (κ1) is 16.9. The highest BCUT2D eigenvalue weighted by molar-refractivity contribution is 9.10. The van der Waals surface area contributed by atoms with E-state index in [1.54, 1.807) is 0 Å². The SMILES string of the molecule is CCC(N)C(c1ccccc1Br)N1CCS(=O)(=O)CC1C. The van der Waals surface area contributed by atoms with Crippen LogP contribution >= 0.6 is 15.9 Å². The molecule has 6 heteroatoms. The Hall–Kier alpha value is -0.430. The second kappa shape index (κ2) is 6.77. The Morgan fingerprint density at radius 3 is 2.67 bits per heavy atom. The summed E-state index contributed by atoms with van der Waals surface area (Å²) >= 11 is 3.60. The van der Waals surface area contributed by atoms with E-state index < -0.39 is 9.84 Å². The van der Waals surface area contributed by atoms with Crippen LogP contribution < -0.4 is 5.73 Å². The van der Waals surface area contributed by atoms with Crippen molar-refractivity contribution in [2.45, 2.75) is 38.4 Å². The average Bonchev–Trinajstić information content (AvgIpc) is 2.42. The smallest absolute Gasteiger partial charge is 0.153 e. The minimum atomic E-state index is -2.92. The van der Waals surface area contributed by atoms with E-state index in [0.29, 0.717) is 6.54 Å². The van der Waals surface area contributed by atoms with Crippen LogP contribution in [-0.2, 0) is 9.84 Å². The van der Waals surface area contributed by atoms with Gasteiger partial charge in [-0.05, 0) is 25.0 Å². The highest BCUT2D eigenvalue weighted by Gasteiger charge is 2.36. The molecule has 1 aliphatic rings. The van der Waals surface area contributed by atoms with Gasteiger partial charge in [-0.15, -0.1) is 0 Å². The van der Waals surface area contributed by atoms with Gasteiger partial charge in [-0.25, -0.2) is 8.42 Å². The van der Waals surface area contributed by atoms with Gasteiger partial charge < -0.3 is 5.73 Å². The zero-order valence-electron chi connectivity index (χ0n) is 12.5. The molecule has 0 saturated carbocycles. The molecule has 0 aliphatic carbocycles. The van der Waals surface area contributed by atoms with Crippen LogP contribution in [-0.4, -0.2) is 43.5 Å². The number of hydrogen-bond acceptors (Lipinski definition) is 4. The van der Waals surface area contributed by atoms with Gasteiger partial charge in [0.05, 0.1) is 17.5 Å². The van der Waals surface area contributed by atoms with Crippen LogP contribution in [0.4, 0.5) is 0 Å². The fraction of sp³-hybridized carbons (Fsp3) is 0.600. The molecule has 1 aromatic carbocycles. The van der Waals surface area contributed by atoms with E-state index in [-0.39, 0.29) is 29.6 Å². The molecule has 21 heavy (non-hydrogen) atoms. The van der Waals surface area contributed by atoms with Gasteiger partial charge in [0, 0.05) is 23.1 Å². The Bertz CT molecular complexity index is 591. The van der Waals surface area contributed by atoms with E-state index in [4.69, 9.17) is 5.73 Å². The summed E-state index contributed by atoms with van der Waals surface area (Å²) in [6, 6.07) is 8.06. The zero-order chi connectivity index (χ0) is 15.6. The molecule has 4 nitrogen and oxygen atoms in total. The monoisotopic (exact) mass is 374 g/mol. The Morgan fingerprint density at radius 1 is 1.43 bits per heavy atom. The molecule has 0 amide bonds. The fourth-order valence-corrected chi connectivity index (χ4v) is 5.12. The first-order chi connectivity index (χ1) is 9.85. The summed E-state index contributed by atoms with van der Waals surface area (Å²) in [5.74, 6) is 0.430. The van der Waals surface area contributed by atoms with Crippen molar-refractivity contribution < 1.29 is 8.42 Å². The van der Waals surface area contributed by atoms with E-state index in [0.717, 1.165) is 16.5 Å². The van der Waals surface area contributed by atoms with Gasteiger partial charge >= 0.3 is 0 Å². The lowest BCUT2D eigenvalue weighted by atomic mass is 9.95. The van der Waals surface area contributed by atoms with Crippen molar-refractivity contribution in [1.29, 1.82) is 0 Å². The Morgan fingerprint density at radius 2 is 2.10 bits per heavy atom. The maximum Gasteiger partial charge on any atom is 0.153 e. The van der Waals surface area contributed by atoms with Crippen molar-refractivity contribution >= 4 is 25.8 Å². The maximum absolute atomic E-state index is 11.8. The van der Waals surface area contributed by atoms with Gasteiger partial charge in [-0.2, -0.15) is 0 Å². The third kappa shape index (κ3) is 3.86. The predicted molar refractivity (Wildman–Crippen MR) is 90.0 cm³/mol. The first-order valence-corrected chi connectivity index (χ1v) is 9.93. The van der Waals surface area contributed by atoms with Crippen molar-refractivity contribution in [3.05, 3.63) is 34.3 Å². The minimum absolute atomic E-state index is 0.0153. The lowest BCUT2D eigenvalue weighted by Crippen LogP contribution is -2.52. The van der Waals surface area contributed by atoms with Crippen LogP contribution in [0.1, 0.15) is 31.9 Å². The molecular weight excluding hydrogens is 352 g/mol. The quantitative estimate of drug-likeness (QED) is 0.878. The number of benzene rings is 1. The molecule has 0 radical (unpaired) electrons. The third-order valence-corrected chi connectivity index (χ3v) is 6.70. The van der Waals surface area contributed by atoms with Crippen LogP contribution in [0.25, 0.3) is 0 Å². The van der Waals surface area contributed by atoms with Crippen molar-refractivity contribution in [2.75, 3.05) is 18.1 Å². The second-order valence-corrected chi connectivity index (χ2v) is 8.82. The number of nitrogens with two attached hydrogens (primary N) is 1. The van der Waals surface area contributed by atoms with Gasteiger partial charge in [0.2, 0.25) is 0 Å². The Labute approximate surface area is 135 Å². The van der Waals surface area contributed by atoms with Crippen molar-refractivity contribution in [1.82, 2.24) is 4.90 Å². The van der Waals surface area contributed by atoms with Crippen LogP contribution in [0.15, 0.2) is 28.7 Å². The van der Waals surface area contributed by atoms with Crippen molar-refractivity contribution in [2.24, 2.45) is 5.73 Å². The van der Waals surface area contributed by atoms with Crippen molar-refractivity contribution in [3.8, 4) is 0 Å². The van der Waals surface area contributed by atoms with E-state index in [1.165, 1.54) is 0 Å². The molecule has 3 atom stereocenters. The lowest BCUT2D eigenvalue weighted by Gasteiger charge is -2.42. The molecule has 0 aromatic heterocycles. The van der Waals surface area contributed by atoms with Gasteiger partial charge in [0.1, 0.15) is 0 Å². The molecule has 1 saturated heterocycles. The van der Waals surface area contributed by atoms with Crippen LogP contribution in [0, 0.1) is 0 Å². The Kier molecular flexibility index (Phi) is 5.46. The third-order valence-electron chi connectivity index (χ3n) is 4.18. The van der Waals surface area contributed by atoms with Gasteiger partial charge in [0.15, 0.2) is 9.84 Å². The summed E-state index contributed by atoms with van der Waals surface area (Å²) in [6.45, 7) is 4.59. The number of halogens is 1. The maximum atomic E-state index is 11.8. The summed E-state index contributed by atoms with van der Waals surface area (Å²) in [6.07, 6.45) is 0.849. The van der Waals surface area contributed by atoms with Crippen molar-refractivity contribution in [3.63, 3.8) is 0 Å². The first-order valence-electron chi connectivity index (χ1n) is 7.32. The van der Waals surface area contributed by atoms with E-state index in [1.807, 2.05) is 25.1 Å². The van der Waals surface area contributed by atoms with E-state index in [2.05, 4.69) is 33.8 Å². The molecular formula is C15H23BrN2O2S. The number of nitrogens with zero attached hydrogens (tertiary/aromatic N) is 1.